The van der Waals surface area contributed by atoms with Crippen LogP contribution in [0.2, 0.25) is 5.02 Å². The molecule has 1 aliphatic rings. The molecule has 0 heterocycles. The van der Waals surface area contributed by atoms with E-state index < -0.39 is 0 Å². The lowest BCUT2D eigenvalue weighted by Crippen LogP contribution is -2.59. The molecule has 4 heteroatoms. The summed E-state index contributed by atoms with van der Waals surface area (Å²) in [5.41, 5.74) is 8.00. The number of hydrogen-bond acceptors (Lipinski definition) is 2. The van der Waals surface area contributed by atoms with E-state index in [1.54, 1.807) is 0 Å². The SMILES string of the molecule is CCN(CC)C1(C(N)Cc2ccc(Br)cc2Cl)CCCC1. The van der Waals surface area contributed by atoms with Crippen LogP contribution in [0.1, 0.15) is 45.1 Å². The third-order valence-corrected chi connectivity index (χ3v) is 5.85. The number of nitrogens with zero attached hydrogens (tertiary/aromatic N) is 1. The minimum Gasteiger partial charge on any atom is -0.326 e. The van der Waals surface area contributed by atoms with Gasteiger partial charge < -0.3 is 5.73 Å². The maximum absolute atomic E-state index is 6.69. The van der Waals surface area contributed by atoms with E-state index in [9.17, 15) is 0 Å². The minimum absolute atomic E-state index is 0.138. The molecule has 21 heavy (non-hydrogen) atoms. The lowest BCUT2D eigenvalue weighted by Gasteiger charge is -2.45. The van der Waals surface area contributed by atoms with E-state index >= 15 is 0 Å². The van der Waals surface area contributed by atoms with E-state index in [0.717, 1.165) is 34.6 Å². The molecule has 0 spiro atoms. The second kappa shape index (κ2) is 7.45. The zero-order chi connectivity index (χ0) is 15.5. The number of rotatable bonds is 6. The predicted molar refractivity (Wildman–Crippen MR) is 95.0 cm³/mol. The molecule has 0 radical (unpaired) electrons. The number of likely N-dealkylation sites (N-methyl/N-ethyl adjacent to an activating group) is 1. The Morgan fingerprint density at radius 2 is 1.90 bits per heavy atom. The predicted octanol–water partition coefficient (Wildman–Crippen LogP) is 4.63. The molecule has 1 fully saturated rings. The average molecular weight is 374 g/mol. The lowest BCUT2D eigenvalue weighted by molar-refractivity contribution is 0.0772. The molecule has 1 aliphatic carbocycles. The van der Waals surface area contributed by atoms with Crippen molar-refractivity contribution >= 4 is 27.5 Å². The fraction of sp³-hybridized carbons (Fsp3) is 0.647. The maximum Gasteiger partial charge on any atom is 0.0449 e. The van der Waals surface area contributed by atoms with Gasteiger partial charge in [-0.1, -0.05) is 60.3 Å². The molecule has 0 bridgehead atoms. The van der Waals surface area contributed by atoms with Crippen molar-refractivity contribution in [2.45, 2.75) is 57.5 Å². The van der Waals surface area contributed by atoms with Crippen molar-refractivity contribution in [1.82, 2.24) is 4.90 Å². The molecule has 0 amide bonds. The molecule has 2 nitrogen and oxygen atoms in total. The largest absolute Gasteiger partial charge is 0.326 e. The molecule has 1 atom stereocenters. The Hall–Kier alpha value is -0.0900. The summed E-state index contributed by atoms with van der Waals surface area (Å²) >= 11 is 9.83. The molecular formula is C17H26BrClN2. The van der Waals surface area contributed by atoms with Gasteiger partial charge in [0.15, 0.2) is 0 Å². The molecule has 1 unspecified atom stereocenters. The zero-order valence-corrected chi connectivity index (χ0v) is 15.4. The number of hydrogen-bond donors (Lipinski definition) is 1. The summed E-state index contributed by atoms with van der Waals surface area (Å²) in [5, 5.41) is 0.813. The highest BCUT2D eigenvalue weighted by Gasteiger charge is 2.43. The van der Waals surface area contributed by atoms with E-state index in [1.807, 2.05) is 12.1 Å². The van der Waals surface area contributed by atoms with Crippen LogP contribution < -0.4 is 5.73 Å². The van der Waals surface area contributed by atoms with Crippen molar-refractivity contribution in [3.63, 3.8) is 0 Å². The van der Waals surface area contributed by atoms with Crippen LogP contribution in [0.15, 0.2) is 22.7 Å². The summed E-state index contributed by atoms with van der Waals surface area (Å²) in [6.07, 6.45) is 5.85. The number of benzene rings is 1. The van der Waals surface area contributed by atoms with Crippen molar-refractivity contribution in [2.24, 2.45) is 5.73 Å². The van der Waals surface area contributed by atoms with Gasteiger partial charge >= 0.3 is 0 Å². The van der Waals surface area contributed by atoms with Crippen molar-refractivity contribution in [3.8, 4) is 0 Å². The molecule has 0 aliphatic heterocycles. The molecular weight excluding hydrogens is 348 g/mol. The van der Waals surface area contributed by atoms with Gasteiger partial charge in [0, 0.05) is 21.1 Å². The first-order chi connectivity index (χ1) is 10.0. The highest BCUT2D eigenvalue weighted by Crippen LogP contribution is 2.39. The Balaban J connectivity index is 2.21. The van der Waals surface area contributed by atoms with Crippen molar-refractivity contribution in [1.29, 1.82) is 0 Å². The standard InChI is InChI=1S/C17H26BrClN2/c1-3-21(4-2)17(9-5-6-10-17)16(20)11-13-7-8-14(18)12-15(13)19/h7-8,12,16H,3-6,9-11,20H2,1-2H3. The molecule has 2 N–H and O–H groups in total. The fourth-order valence-corrected chi connectivity index (χ4v) is 4.63. The topological polar surface area (TPSA) is 29.3 Å². The van der Waals surface area contributed by atoms with Gasteiger partial charge in [0.05, 0.1) is 0 Å². The van der Waals surface area contributed by atoms with Crippen LogP contribution in [0.25, 0.3) is 0 Å². The van der Waals surface area contributed by atoms with Crippen molar-refractivity contribution in [2.75, 3.05) is 13.1 Å². The van der Waals surface area contributed by atoms with E-state index in [1.165, 1.54) is 25.7 Å². The molecule has 1 saturated carbocycles. The Kier molecular flexibility index (Phi) is 6.13. The maximum atomic E-state index is 6.69. The van der Waals surface area contributed by atoms with Gasteiger partial charge in [-0.2, -0.15) is 0 Å². The monoisotopic (exact) mass is 372 g/mol. The third-order valence-electron chi connectivity index (χ3n) is 5.01. The normalized spacial score (nSPS) is 19.1. The lowest BCUT2D eigenvalue weighted by atomic mass is 9.83. The summed E-state index contributed by atoms with van der Waals surface area (Å²) in [5.74, 6) is 0. The van der Waals surface area contributed by atoms with Crippen LogP contribution in [0.5, 0.6) is 0 Å². The second-order valence-electron chi connectivity index (χ2n) is 6.03. The third kappa shape index (κ3) is 3.64. The van der Waals surface area contributed by atoms with Gasteiger partial charge in [0.2, 0.25) is 0 Å². The summed E-state index contributed by atoms with van der Waals surface area (Å²) in [4.78, 5) is 2.57. The second-order valence-corrected chi connectivity index (χ2v) is 7.35. The highest BCUT2D eigenvalue weighted by molar-refractivity contribution is 9.10. The van der Waals surface area contributed by atoms with E-state index in [2.05, 4.69) is 40.7 Å². The van der Waals surface area contributed by atoms with Crippen LogP contribution >= 0.6 is 27.5 Å². The smallest absolute Gasteiger partial charge is 0.0449 e. The van der Waals surface area contributed by atoms with E-state index in [4.69, 9.17) is 17.3 Å². The molecule has 0 saturated heterocycles. The molecule has 118 valence electrons. The Bertz CT molecular complexity index is 468. The average Bonchev–Trinajstić information content (AvgIpc) is 2.94. The van der Waals surface area contributed by atoms with Gasteiger partial charge in [-0.3, -0.25) is 4.90 Å². The van der Waals surface area contributed by atoms with Gasteiger partial charge in [-0.05, 0) is 50.0 Å². The van der Waals surface area contributed by atoms with Gasteiger partial charge in [0.1, 0.15) is 0 Å². The Morgan fingerprint density at radius 1 is 1.29 bits per heavy atom. The van der Waals surface area contributed by atoms with Crippen molar-refractivity contribution < 1.29 is 0 Å². The van der Waals surface area contributed by atoms with Crippen molar-refractivity contribution in [3.05, 3.63) is 33.3 Å². The summed E-state index contributed by atoms with van der Waals surface area (Å²) < 4.78 is 1.02. The van der Waals surface area contributed by atoms with Crippen LogP contribution in [0.3, 0.4) is 0 Å². The Morgan fingerprint density at radius 3 is 2.43 bits per heavy atom. The van der Waals surface area contributed by atoms with E-state index in [0.29, 0.717) is 0 Å². The van der Waals surface area contributed by atoms with Crippen LogP contribution in [0.4, 0.5) is 0 Å². The zero-order valence-electron chi connectivity index (χ0n) is 13.0. The first kappa shape index (κ1) is 17.3. The van der Waals surface area contributed by atoms with Crippen LogP contribution in [-0.2, 0) is 6.42 Å². The number of halogens is 2. The van der Waals surface area contributed by atoms with Gasteiger partial charge in [-0.15, -0.1) is 0 Å². The number of nitrogens with two attached hydrogens (primary N) is 1. The summed E-state index contributed by atoms with van der Waals surface area (Å²) in [7, 11) is 0. The summed E-state index contributed by atoms with van der Waals surface area (Å²) in [6.45, 7) is 6.61. The molecule has 1 aromatic carbocycles. The van der Waals surface area contributed by atoms with Crippen LogP contribution in [-0.4, -0.2) is 29.6 Å². The summed E-state index contributed by atoms with van der Waals surface area (Å²) in [6, 6.07) is 6.24. The highest BCUT2D eigenvalue weighted by atomic mass is 79.9. The van der Waals surface area contributed by atoms with Gasteiger partial charge in [-0.25, -0.2) is 0 Å². The Labute approximate surface area is 142 Å². The molecule has 1 aromatic rings. The quantitative estimate of drug-likeness (QED) is 0.788. The van der Waals surface area contributed by atoms with Gasteiger partial charge in [0.25, 0.3) is 0 Å². The van der Waals surface area contributed by atoms with E-state index in [-0.39, 0.29) is 11.6 Å². The first-order valence-electron chi connectivity index (χ1n) is 7.98. The molecule has 0 aromatic heterocycles. The fourth-order valence-electron chi connectivity index (χ4n) is 3.88. The minimum atomic E-state index is 0.138. The first-order valence-corrected chi connectivity index (χ1v) is 9.15. The van der Waals surface area contributed by atoms with Crippen LogP contribution in [0, 0.1) is 0 Å². The molecule has 2 rings (SSSR count).